The zero-order valence-corrected chi connectivity index (χ0v) is 12.4. The minimum atomic E-state index is -0.548. The van der Waals surface area contributed by atoms with Crippen LogP contribution in [0.1, 0.15) is 0 Å². The van der Waals surface area contributed by atoms with Gasteiger partial charge in [0.05, 0.1) is 0 Å². The molecule has 0 unspecified atom stereocenters. The zero-order chi connectivity index (χ0) is 16.2. The summed E-state index contributed by atoms with van der Waals surface area (Å²) in [5.74, 6) is -0.805. The summed E-state index contributed by atoms with van der Waals surface area (Å²) in [6, 6.07) is 11.0. The van der Waals surface area contributed by atoms with Crippen LogP contribution in [0.15, 0.2) is 48.5 Å². The van der Waals surface area contributed by atoms with Gasteiger partial charge in [0.2, 0.25) is 5.13 Å². The average Bonchev–Trinajstić information content (AvgIpc) is 2.98. The second-order valence-electron chi connectivity index (χ2n) is 4.48. The largest absolute Gasteiger partial charge is 0.325 e. The fourth-order valence-electron chi connectivity index (χ4n) is 1.81. The van der Waals surface area contributed by atoms with E-state index in [1.54, 1.807) is 18.2 Å². The molecular weight excluding hydrogens is 322 g/mol. The molecule has 0 aliphatic rings. The predicted molar refractivity (Wildman–Crippen MR) is 84.3 cm³/mol. The number of halogens is 2. The molecule has 0 saturated heterocycles. The van der Waals surface area contributed by atoms with E-state index in [0.29, 0.717) is 16.3 Å². The molecule has 0 atom stereocenters. The number of nitrogens with zero attached hydrogens (tertiary/aromatic N) is 2. The number of hydrogen-bond acceptors (Lipinski definition) is 4. The van der Waals surface area contributed by atoms with E-state index in [0.717, 1.165) is 11.3 Å². The number of nitrogens with one attached hydrogen (secondary N) is 2. The standard InChI is InChI=1S/C15H10F2N4OS/c16-9-5-7-10(8-6-9)18-14(22)19-15-21-20-13(23-15)11-3-1-2-4-12(11)17/h1-8H,(H2,18,19,21,22). The normalized spacial score (nSPS) is 10.3. The van der Waals surface area contributed by atoms with Crippen LogP contribution < -0.4 is 10.6 Å². The Balaban J connectivity index is 1.68. The molecule has 0 saturated carbocycles. The number of hydrogen-bond donors (Lipinski definition) is 2. The second-order valence-corrected chi connectivity index (χ2v) is 5.46. The van der Waals surface area contributed by atoms with E-state index in [1.807, 2.05) is 0 Å². The van der Waals surface area contributed by atoms with E-state index >= 15 is 0 Å². The van der Waals surface area contributed by atoms with Crippen molar-refractivity contribution in [2.45, 2.75) is 0 Å². The first-order valence-corrected chi connectivity index (χ1v) is 7.35. The summed E-state index contributed by atoms with van der Waals surface area (Å²) in [5, 5.41) is 13.3. The number of urea groups is 1. The average molecular weight is 332 g/mol. The van der Waals surface area contributed by atoms with Gasteiger partial charge in [-0.15, -0.1) is 10.2 Å². The highest BCUT2D eigenvalue weighted by atomic mass is 32.1. The Hall–Kier alpha value is -2.87. The molecule has 0 aliphatic heterocycles. The molecule has 2 aromatic carbocycles. The molecule has 0 bridgehead atoms. The molecule has 0 spiro atoms. The number of carbonyl (C=O) groups excluding carboxylic acids is 1. The van der Waals surface area contributed by atoms with Crippen molar-refractivity contribution < 1.29 is 13.6 Å². The van der Waals surface area contributed by atoms with Gasteiger partial charge in [0.1, 0.15) is 11.6 Å². The molecule has 0 fully saturated rings. The number of anilines is 2. The van der Waals surface area contributed by atoms with E-state index < -0.39 is 17.7 Å². The Bertz CT molecular complexity index is 836. The number of amides is 2. The molecule has 0 radical (unpaired) electrons. The Morgan fingerprint density at radius 1 is 0.957 bits per heavy atom. The smallest absolute Gasteiger partial charge is 0.308 e. The molecule has 3 rings (SSSR count). The van der Waals surface area contributed by atoms with Crippen LogP contribution in [-0.2, 0) is 0 Å². The molecule has 1 aromatic heterocycles. The molecule has 23 heavy (non-hydrogen) atoms. The maximum absolute atomic E-state index is 13.7. The minimum absolute atomic E-state index is 0.225. The van der Waals surface area contributed by atoms with Crippen molar-refractivity contribution in [3.8, 4) is 10.6 Å². The van der Waals surface area contributed by atoms with Crippen LogP contribution in [-0.4, -0.2) is 16.2 Å². The Kier molecular flexibility index (Phi) is 4.24. The first-order valence-electron chi connectivity index (χ1n) is 6.54. The van der Waals surface area contributed by atoms with Crippen molar-refractivity contribution in [1.29, 1.82) is 0 Å². The van der Waals surface area contributed by atoms with Crippen molar-refractivity contribution in [3.05, 3.63) is 60.2 Å². The predicted octanol–water partition coefficient (Wildman–Crippen LogP) is 4.13. The zero-order valence-electron chi connectivity index (χ0n) is 11.6. The first-order chi connectivity index (χ1) is 11.1. The van der Waals surface area contributed by atoms with Crippen LogP contribution >= 0.6 is 11.3 Å². The summed E-state index contributed by atoms with van der Waals surface area (Å²) in [6.07, 6.45) is 0. The highest BCUT2D eigenvalue weighted by Gasteiger charge is 2.12. The molecule has 2 amide bonds. The summed E-state index contributed by atoms with van der Waals surface area (Å²) >= 11 is 1.05. The first kappa shape index (κ1) is 15.0. The number of rotatable bonds is 3. The molecule has 0 aliphatic carbocycles. The van der Waals surface area contributed by atoms with Gasteiger partial charge in [-0.05, 0) is 36.4 Å². The van der Waals surface area contributed by atoms with E-state index in [9.17, 15) is 13.6 Å². The van der Waals surface area contributed by atoms with Gasteiger partial charge < -0.3 is 5.32 Å². The topological polar surface area (TPSA) is 66.9 Å². The number of carbonyl (C=O) groups is 1. The van der Waals surface area contributed by atoms with Gasteiger partial charge in [-0.2, -0.15) is 0 Å². The summed E-state index contributed by atoms with van der Waals surface area (Å²) in [6.45, 7) is 0. The van der Waals surface area contributed by atoms with Crippen molar-refractivity contribution in [1.82, 2.24) is 10.2 Å². The van der Waals surface area contributed by atoms with Crippen molar-refractivity contribution in [2.24, 2.45) is 0 Å². The molecule has 1 heterocycles. The summed E-state index contributed by atoms with van der Waals surface area (Å²) in [4.78, 5) is 11.8. The number of benzene rings is 2. The van der Waals surface area contributed by atoms with Crippen LogP contribution in [0.5, 0.6) is 0 Å². The van der Waals surface area contributed by atoms with Gasteiger partial charge in [-0.1, -0.05) is 23.5 Å². The molecule has 5 nitrogen and oxygen atoms in total. The van der Waals surface area contributed by atoms with Crippen LogP contribution in [0.25, 0.3) is 10.6 Å². The third-order valence-corrected chi connectivity index (χ3v) is 3.72. The summed E-state index contributed by atoms with van der Waals surface area (Å²) in [5.41, 5.74) is 0.750. The molecule has 3 aromatic rings. The maximum Gasteiger partial charge on any atom is 0.325 e. The molecule has 116 valence electrons. The van der Waals surface area contributed by atoms with E-state index in [1.165, 1.54) is 30.3 Å². The van der Waals surface area contributed by atoms with Gasteiger partial charge in [-0.3, -0.25) is 5.32 Å². The van der Waals surface area contributed by atoms with Crippen molar-refractivity contribution in [2.75, 3.05) is 10.6 Å². The fourth-order valence-corrected chi connectivity index (χ4v) is 2.58. The van der Waals surface area contributed by atoms with Gasteiger partial charge >= 0.3 is 6.03 Å². The SMILES string of the molecule is O=C(Nc1ccc(F)cc1)Nc1nnc(-c2ccccc2F)s1. The van der Waals surface area contributed by atoms with E-state index in [-0.39, 0.29) is 5.13 Å². The lowest BCUT2D eigenvalue weighted by Crippen LogP contribution is -2.19. The maximum atomic E-state index is 13.7. The highest BCUT2D eigenvalue weighted by Crippen LogP contribution is 2.28. The third-order valence-electron chi connectivity index (χ3n) is 2.85. The Morgan fingerprint density at radius 2 is 1.70 bits per heavy atom. The van der Waals surface area contributed by atoms with Crippen molar-refractivity contribution >= 4 is 28.2 Å². The van der Waals surface area contributed by atoms with E-state index in [2.05, 4.69) is 20.8 Å². The molecule has 8 heteroatoms. The minimum Gasteiger partial charge on any atom is -0.308 e. The third kappa shape index (κ3) is 3.67. The quantitative estimate of drug-likeness (QED) is 0.758. The summed E-state index contributed by atoms with van der Waals surface area (Å²) < 4.78 is 26.5. The van der Waals surface area contributed by atoms with Crippen LogP contribution in [0.3, 0.4) is 0 Å². The van der Waals surface area contributed by atoms with Crippen LogP contribution in [0, 0.1) is 11.6 Å². The lowest BCUT2D eigenvalue weighted by atomic mass is 10.2. The van der Waals surface area contributed by atoms with Gasteiger partial charge in [-0.25, -0.2) is 13.6 Å². The summed E-state index contributed by atoms with van der Waals surface area (Å²) in [7, 11) is 0. The van der Waals surface area contributed by atoms with Crippen LogP contribution in [0.4, 0.5) is 24.4 Å². The fraction of sp³-hybridized carbons (Fsp3) is 0. The Labute approximate surface area is 134 Å². The second kappa shape index (κ2) is 6.49. The molecular formula is C15H10F2N4OS. The van der Waals surface area contributed by atoms with E-state index in [4.69, 9.17) is 0 Å². The van der Waals surface area contributed by atoms with Gasteiger partial charge in [0.15, 0.2) is 5.01 Å². The highest BCUT2D eigenvalue weighted by molar-refractivity contribution is 7.18. The van der Waals surface area contributed by atoms with Crippen LogP contribution in [0.2, 0.25) is 0 Å². The monoisotopic (exact) mass is 332 g/mol. The lowest BCUT2D eigenvalue weighted by molar-refractivity contribution is 0.262. The van der Waals surface area contributed by atoms with Crippen molar-refractivity contribution in [3.63, 3.8) is 0 Å². The van der Waals surface area contributed by atoms with Gasteiger partial charge in [0.25, 0.3) is 0 Å². The Morgan fingerprint density at radius 3 is 2.43 bits per heavy atom. The number of aromatic nitrogens is 2. The molecule has 2 N–H and O–H groups in total. The lowest BCUT2D eigenvalue weighted by Gasteiger charge is -2.04. The van der Waals surface area contributed by atoms with Gasteiger partial charge in [0, 0.05) is 11.3 Å².